The van der Waals surface area contributed by atoms with E-state index in [2.05, 4.69) is 11.9 Å². The van der Waals surface area contributed by atoms with Gasteiger partial charge in [0.1, 0.15) is 11.5 Å². The lowest BCUT2D eigenvalue weighted by Gasteiger charge is -2.08. The minimum absolute atomic E-state index is 0.650. The Morgan fingerprint density at radius 3 is 2.71 bits per heavy atom. The molecule has 0 amide bonds. The molecule has 0 aliphatic rings. The van der Waals surface area contributed by atoms with Gasteiger partial charge in [0.05, 0.1) is 6.20 Å². The molecule has 1 aromatic heterocycles. The van der Waals surface area contributed by atoms with Crippen molar-refractivity contribution < 1.29 is 4.79 Å². The summed E-state index contributed by atoms with van der Waals surface area (Å²) < 4.78 is 1.99. The van der Waals surface area contributed by atoms with Crippen LogP contribution in [-0.4, -0.2) is 15.8 Å². The van der Waals surface area contributed by atoms with E-state index in [-0.39, 0.29) is 0 Å². The number of unbranched alkanes of at least 4 members (excludes halogenated alkanes) is 1. The van der Waals surface area contributed by atoms with Crippen molar-refractivity contribution in [2.24, 2.45) is 0 Å². The third-order valence-electron chi connectivity index (χ3n) is 2.77. The molecule has 0 saturated carbocycles. The third-order valence-corrected chi connectivity index (χ3v) is 2.77. The maximum atomic E-state index is 11.0. The predicted octanol–water partition coefficient (Wildman–Crippen LogP) is 3.16. The maximum Gasteiger partial charge on any atom is 0.168 e. The van der Waals surface area contributed by atoms with E-state index in [0.717, 1.165) is 37.1 Å². The van der Waals surface area contributed by atoms with Gasteiger partial charge < -0.3 is 4.57 Å². The van der Waals surface area contributed by atoms with Crippen LogP contribution >= 0.6 is 0 Å². The van der Waals surface area contributed by atoms with Gasteiger partial charge in [0, 0.05) is 12.1 Å². The van der Waals surface area contributed by atoms with Crippen LogP contribution in [0, 0.1) is 0 Å². The lowest BCUT2D eigenvalue weighted by atomic mass is 10.2. The van der Waals surface area contributed by atoms with Crippen LogP contribution in [0.2, 0.25) is 0 Å². The molecule has 0 aliphatic heterocycles. The van der Waals surface area contributed by atoms with E-state index in [0.29, 0.717) is 5.69 Å². The molecule has 1 aromatic carbocycles. The second kappa shape index (κ2) is 5.43. The molecule has 0 atom stereocenters. The monoisotopic (exact) mass is 228 g/mol. The number of imidazole rings is 1. The van der Waals surface area contributed by atoms with Crippen molar-refractivity contribution in [1.29, 1.82) is 0 Å². The Balaban J connectivity index is 2.40. The fourth-order valence-electron chi connectivity index (χ4n) is 1.85. The highest BCUT2D eigenvalue weighted by molar-refractivity contribution is 5.74. The van der Waals surface area contributed by atoms with Crippen LogP contribution in [0.4, 0.5) is 0 Å². The van der Waals surface area contributed by atoms with Crippen molar-refractivity contribution in [2.75, 3.05) is 0 Å². The first kappa shape index (κ1) is 11.6. The molecule has 0 bridgehead atoms. The fourth-order valence-corrected chi connectivity index (χ4v) is 1.85. The molecule has 3 nitrogen and oxygen atoms in total. The average Bonchev–Trinajstić information content (AvgIpc) is 2.80. The molecule has 3 heteroatoms. The predicted molar refractivity (Wildman–Crippen MR) is 68.0 cm³/mol. The van der Waals surface area contributed by atoms with Crippen LogP contribution < -0.4 is 0 Å². The largest absolute Gasteiger partial charge is 0.322 e. The summed E-state index contributed by atoms with van der Waals surface area (Å²) in [5.41, 5.74) is 1.70. The van der Waals surface area contributed by atoms with Crippen molar-refractivity contribution in [3.63, 3.8) is 0 Å². The van der Waals surface area contributed by atoms with Gasteiger partial charge in [-0.1, -0.05) is 43.7 Å². The Morgan fingerprint density at radius 1 is 1.29 bits per heavy atom. The van der Waals surface area contributed by atoms with Gasteiger partial charge in [-0.25, -0.2) is 4.98 Å². The topological polar surface area (TPSA) is 34.9 Å². The van der Waals surface area contributed by atoms with E-state index in [4.69, 9.17) is 0 Å². The van der Waals surface area contributed by atoms with Crippen LogP contribution in [-0.2, 0) is 6.54 Å². The van der Waals surface area contributed by atoms with E-state index in [1.54, 1.807) is 6.20 Å². The summed E-state index contributed by atoms with van der Waals surface area (Å²) in [4.78, 5) is 15.3. The second-order valence-electron chi connectivity index (χ2n) is 4.00. The summed E-state index contributed by atoms with van der Waals surface area (Å²) in [6.07, 6.45) is 4.67. The van der Waals surface area contributed by atoms with Gasteiger partial charge in [0.2, 0.25) is 0 Å². The van der Waals surface area contributed by atoms with Gasteiger partial charge in [-0.2, -0.15) is 0 Å². The summed E-state index contributed by atoms with van der Waals surface area (Å²) in [6.45, 7) is 2.98. The molecule has 1 heterocycles. The molecule has 0 spiro atoms. The minimum atomic E-state index is 0.650. The van der Waals surface area contributed by atoms with Gasteiger partial charge in [-0.15, -0.1) is 0 Å². The molecule has 0 N–H and O–H groups in total. The minimum Gasteiger partial charge on any atom is -0.322 e. The van der Waals surface area contributed by atoms with Gasteiger partial charge in [0.25, 0.3) is 0 Å². The zero-order chi connectivity index (χ0) is 12.1. The van der Waals surface area contributed by atoms with Crippen LogP contribution in [0.25, 0.3) is 11.4 Å². The lowest BCUT2D eigenvalue weighted by molar-refractivity contribution is 0.111. The Bertz CT molecular complexity index is 488. The number of carbonyl (C=O) groups excluding carboxylic acids is 1. The van der Waals surface area contributed by atoms with Crippen molar-refractivity contribution in [2.45, 2.75) is 26.3 Å². The first-order valence-corrected chi connectivity index (χ1v) is 5.93. The maximum absolute atomic E-state index is 11.0. The van der Waals surface area contributed by atoms with E-state index >= 15 is 0 Å². The molecule has 0 saturated heterocycles. The zero-order valence-corrected chi connectivity index (χ0v) is 9.97. The summed E-state index contributed by atoms with van der Waals surface area (Å²) in [6, 6.07) is 9.96. The second-order valence-corrected chi connectivity index (χ2v) is 4.00. The number of hydrogen-bond donors (Lipinski definition) is 0. The molecule has 0 radical (unpaired) electrons. The number of aromatic nitrogens is 2. The quantitative estimate of drug-likeness (QED) is 0.737. The molecule has 2 aromatic rings. The SMILES string of the molecule is CCCCn1c(C=O)cnc1-c1ccccc1. The highest BCUT2D eigenvalue weighted by Crippen LogP contribution is 2.19. The molecular weight excluding hydrogens is 212 g/mol. The molecule has 0 unspecified atom stereocenters. The van der Waals surface area contributed by atoms with Crippen molar-refractivity contribution in [1.82, 2.24) is 9.55 Å². The lowest BCUT2D eigenvalue weighted by Crippen LogP contribution is -2.04. The smallest absolute Gasteiger partial charge is 0.168 e. The van der Waals surface area contributed by atoms with E-state index < -0.39 is 0 Å². The van der Waals surface area contributed by atoms with Crippen molar-refractivity contribution in [3.8, 4) is 11.4 Å². The van der Waals surface area contributed by atoms with Gasteiger partial charge in [-0.05, 0) is 6.42 Å². The molecule has 0 fully saturated rings. The molecule has 2 rings (SSSR count). The van der Waals surface area contributed by atoms with Crippen molar-refractivity contribution in [3.05, 3.63) is 42.2 Å². The highest BCUT2D eigenvalue weighted by Gasteiger charge is 2.10. The van der Waals surface area contributed by atoms with Gasteiger partial charge in [0.15, 0.2) is 6.29 Å². The average molecular weight is 228 g/mol. The molecule has 17 heavy (non-hydrogen) atoms. The summed E-state index contributed by atoms with van der Waals surface area (Å²) in [5, 5.41) is 0. The Labute approximate surface area is 101 Å². The van der Waals surface area contributed by atoms with Crippen LogP contribution in [0.3, 0.4) is 0 Å². The highest BCUT2D eigenvalue weighted by atomic mass is 16.1. The number of nitrogens with zero attached hydrogens (tertiary/aromatic N) is 2. The Hall–Kier alpha value is -1.90. The summed E-state index contributed by atoms with van der Waals surface area (Å²) in [7, 11) is 0. The van der Waals surface area contributed by atoms with Crippen LogP contribution in [0.15, 0.2) is 36.5 Å². The summed E-state index contributed by atoms with van der Waals surface area (Å²) in [5.74, 6) is 0.876. The van der Waals surface area contributed by atoms with E-state index in [1.165, 1.54) is 0 Å². The molecule has 88 valence electrons. The fraction of sp³-hybridized carbons (Fsp3) is 0.286. The Morgan fingerprint density at radius 2 is 2.06 bits per heavy atom. The number of aldehydes is 1. The number of benzene rings is 1. The summed E-state index contributed by atoms with van der Waals surface area (Å²) >= 11 is 0. The number of carbonyl (C=O) groups is 1. The third kappa shape index (κ3) is 2.44. The number of hydrogen-bond acceptors (Lipinski definition) is 2. The van der Waals surface area contributed by atoms with Gasteiger partial charge in [-0.3, -0.25) is 4.79 Å². The molecular formula is C14H16N2O. The number of rotatable bonds is 5. The zero-order valence-electron chi connectivity index (χ0n) is 9.97. The standard InChI is InChI=1S/C14H16N2O/c1-2-3-9-16-13(11-17)10-15-14(16)12-7-5-4-6-8-12/h4-8,10-11H,2-3,9H2,1H3. The van der Waals surface area contributed by atoms with E-state index in [9.17, 15) is 4.79 Å². The first-order valence-electron chi connectivity index (χ1n) is 5.93. The van der Waals surface area contributed by atoms with Crippen LogP contribution in [0.1, 0.15) is 30.3 Å². The molecule has 0 aliphatic carbocycles. The van der Waals surface area contributed by atoms with Gasteiger partial charge >= 0.3 is 0 Å². The normalized spacial score (nSPS) is 10.4. The first-order chi connectivity index (χ1) is 8.36. The van der Waals surface area contributed by atoms with Crippen molar-refractivity contribution >= 4 is 6.29 Å². The Kier molecular flexibility index (Phi) is 3.70. The van der Waals surface area contributed by atoms with Crippen LogP contribution in [0.5, 0.6) is 0 Å². The van der Waals surface area contributed by atoms with E-state index in [1.807, 2.05) is 34.9 Å².